The van der Waals surface area contributed by atoms with Crippen molar-refractivity contribution in [3.8, 4) is 17.2 Å². The van der Waals surface area contributed by atoms with Crippen molar-refractivity contribution in [2.24, 2.45) is 5.73 Å². The lowest BCUT2D eigenvalue weighted by Crippen LogP contribution is -1.97. The van der Waals surface area contributed by atoms with E-state index in [0.717, 1.165) is 49.5 Å². The summed E-state index contributed by atoms with van der Waals surface area (Å²) in [6.45, 7) is 2.65. The molecule has 0 bridgehead atoms. The molecule has 2 rings (SSSR count). The van der Waals surface area contributed by atoms with Gasteiger partial charge in [-0.2, -0.15) is 0 Å². The fraction of sp³-hybridized carbons (Fsp3) is 0.429. The SMILES string of the molecule is CCN.COc1cccc(CCCCc2cccc(OC)c2OC)c1.Cl. The highest BCUT2D eigenvalue weighted by molar-refractivity contribution is 5.85. The van der Waals surface area contributed by atoms with Crippen LogP contribution in [0.2, 0.25) is 0 Å². The highest BCUT2D eigenvalue weighted by Crippen LogP contribution is 2.31. The molecule has 0 heterocycles. The summed E-state index contributed by atoms with van der Waals surface area (Å²) in [5.41, 5.74) is 7.37. The van der Waals surface area contributed by atoms with Crippen molar-refractivity contribution < 1.29 is 14.2 Å². The molecule has 0 aliphatic heterocycles. The van der Waals surface area contributed by atoms with E-state index in [1.54, 1.807) is 21.3 Å². The Balaban J connectivity index is 0.00000146. The van der Waals surface area contributed by atoms with Gasteiger partial charge in [0.2, 0.25) is 0 Å². The lowest BCUT2D eigenvalue weighted by Gasteiger charge is -2.12. The Morgan fingerprint density at radius 1 is 0.846 bits per heavy atom. The summed E-state index contributed by atoms with van der Waals surface area (Å²) in [5.74, 6) is 2.58. The maximum Gasteiger partial charge on any atom is 0.163 e. The van der Waals surface area contributed by atoms with Gasteiger partial charge >= 0.3 is 0 Å². The van der Waals surface area contributed by atoms with Crippen molar-refractivity contribution in [1.82, 2.24) is 0 Å². The first-order valence-corrected chi connectivity index (χ1v) is 8.72. The van der Waals surface area contributed by atoms with Crippen molar-refractivity contribution in [3.05, 3.63) is 53.6 Å². The molecule has 0 saturated carbocycles. The minimum atomic E-state index is 0. The zero-order chi connectivity index (χ0) is 18.5. The lowest BCUT2D eigenvalue weighted by atomic mass is 10.0. The fourth-order valence-corrected chi connectivity index (χ4v) is 2.62. The van der Waals surface area contributed by atoms with E-state index in [0.29, 0.717) is 0 Å². The molecule has 0 aliphatic rings. The number of unbranched alkanes of at least 4 members (excludes halogenated alkanes) is 1. The number of rotatable bonds is 8. The number of nitrogens with two attached hydrogens (primary N) is 1. The van der Waals surface area contributed by atoms with Crippen LogP contribution in [0.15, 0.2) is 42.5 Å². The number of benzene rings is 2. The van der Waals surface area contributed by atoms with Crippen LogP contribution in [0.5, 0.6) is 17.2 Å². The number of methoxy groups -OCH3 is 3. The standard InChI is InChI=1S/C19H24O3.C2H7N.ClH/c1-20-17-12-6-9-15(14-17)8-4-5-10-16-11-7-13-18(21-2)19(16)22-3;1-2-3;/h6-7,9,11-14H,4-5,8,10H2,1-3H3;2-3H2,1H3;1H. The van der Waals surface area contributed by atoms with Crippen molar-refractivity contribution in [2.75, 3.05) is 27.9 Å². The molecule has 4 nitrogen and oxygen atoms in total. The van der Waals surface area contributed by atoms with Crippen LogP contribution < -0.4 is 19.9 Å². The summed E-state index contributed by atoms with van der Waals surface area (Å²) in [6.07, 6.45) is 4.29. The fourth-order valence-electron chi connectivity index (χ4n) is 2.62. The Labute approximate surface area is 164 Å². The Hall–Kier alpha value is -1.91. The molecular formula is C21H32ClNO3. The molecule has 0 spiro atoms. The van der Waals surface area contributed by atoms with Crippen molar-refractivity contribution in [2.45, 2.75) is 32.6 Å². The molecule has 0 unspecified atom stereocenters. The molecule has 146 valence electrons. The molecular weight excluding hydrogens is 350 g/mol. The Morgan fingerprint density at radius 3 is 2.12 bits per heavy atom. The largest absolute Gasteiger partial charge is 0.497 e. The van der Waals surface area contributed by atoms with Gasteiger partial charge < -0.3 is 19.9 Å². The highest BCUT2D eigenvalue weighted by atomic mass is 35.5. The predicted molar refractivity (Wildman–Crippen MR) is 111 cm³/mol. The Bertz CT molecular complexity index is 620. The van der Waals surface area contributed by atoms with E-state index >= 15 is 0 Å². The van der Waals surface area contributed by atoms with E-state index in [1.807, 2.05) is 31.2 Å². The normalized spacial score (nSPS) is 9.42. The van der Waals surface area contributed by atoms with Crippen LogP contribution >= 0.6 is 12.4 Å². The molecule has 0 radical (unpaired) electrons. The molecule has 0 saturated heterocycles. The second-order valence-corrected chi connectivity index (χ2v) is 5.62. The van der Waals surface area contributed by atoms with E-state index in [1.165, 1.54) is 11.1 Å². The van der Waals surface area contributed by atoms with Gasteiger partial charge in [-0.1, -0.05) is 31.2 Å². The van der Waals surface area contributed by atoms with Gasteiger partial charge in [0, 0.05) is 0 Å². The summed E-state index contributed by atoms with van der Waals surface area (Å²) in [4.78, 5) is 0. The zero-order valence-electron chi connectivity index (χ0n) is 16.3. The molecule has 0 atom stereocenters. The zero-order valence-corrected chi connectivity index (χ0v) is 17.1. The molecule has 5 heteroatoms. The molecule has 0 aliphatic carbocycles. The molecule has 26 heavy (non-hydrogen) atoms. The summed E-state index contributed by atoms with van der Waals surface area (Å²) < 4.78 is 16.1. The molecule has 0 fully saturated rings. The molecule has 0 aromatic heterocycles. The number of aryl methyl sites for hydroxylation is 2. The second kappa shape index (κ2) is 14.3. The van der Waals surface area contributed by atoms with Gasteiger partial charge in [0.1, 0.15) is 5.75 Å². The molecule has 2 N–H and O–H groups in total. The van der Waals surface area contributed by atoms with Crippen LogP contribution in [0.4, 0.5) is 0 Å². The number of ether oxygens (including phenoxy) is 3. The van der Waals surface area contributed by atoms with Gasteiger partial charge in [-0.3, -0.25) is 0 Å². The smallest absolute Gasteiger partial charge is 0.163 e. The van der Waals surface area contributed by atoms with Gasteiger partial charge in [0.15, 0.2) is 11.5 Å². The van der Waals surface area contributed by atoms with E-state index in [4.69, 9.17) is 19.9 Å². The Morgan fingerprint density at radius 2 is 1.50 bits per heavy atom. The third-order valence-electron chi connectivity index (χ3n) is 3.78. The number of halogens is 1. The van der Waals surface area contributed by atoms with Crippen LogP contribution in [-0.2, 0) is 12.8 Å². The minimum Gasteiger partial charge on any atom is -0.497 e. The summed E-state index contributed by atoms with van der Waals surface area (Å²) in [6, 6.07) is 14.3. The average molecular weight is 382 g/mol. The monoisotopic (exact) mass is 381 g/mol. The maximum atomic E-state index is 5.47. The molecule has 2 aromatic rings. The topological polar surface area (TPSA) is 53.7 Å². The third kappa shape index (κ3) is 7.98. The first kappa shape index (κ1) is 24.1. The van der Waals surface area contributed by atoms with Gasteiger partial charge in [0.25, 0.3) is 0 Å². The lowest BCUT2D eigenvalue weighted by molar-refractivity contribution is 0.351. The van der Waals surface area contributed by atoms with E-state index in [-0.39, 0.29) is 12.4 Å². The van der Waals surface area contributed by atoms with Crippen LogP contribution in [0.1, 0.15) is 30.9 Å². The van der Waals surface area contributed by atoms with E-state index in [9.17, 15) is 0 Å². The van der Waals surface area contributed by atoms with E-state index in [2.05, 4.69) is 18.2 Å². The van der Waals surface area contributed by atoms with Crippen LogP contribution in [0.3, 0.4) is 0 Å². The Kier molecular flexibility index (Phi) is 13.2. The van der Waals surface area contributed by atoms with Crippen molar-refractivity contribution >= 4 is 12.4 Å². The summed E-state index contributed by atoms with van der Waals surface area (Å²) in [7, 11) is 5.07. The predicted octanol–water partition coefficient (Wildman–Crippen LogP) is 4.66. The number of para-hydroxylation sites is 1. The van der Waals surface area contributed by atoms with Crippen molar-refractivity contribution in [1.29, 1.82) is 0 Å². The first-order valence-electron chi connectivity index (χ1n) is 8.72. The minimum absolute atomic E-state index is 0. The molecule has 2 aromatic carbocycles. The van der Waals surface area contributed by atoms with Gasteiger partial charge in [-0.25, -0.2) is 0 Å². The number of hydrogen-bond donors (Lipinski definition) is 1. The maximum absolute atomic E-state index is 5.47. The van der Waals surface area contributed by atoms with E-state index < -0.39 is 0 Å². The van der Waals surface area contributed by atoms with Crippen LogP contribution in [0.25, 0.3) is 0 Å². The average Bonchev–Trinajstić information content (AvgIpc) is 2.65. The first-order chi connectivity index (χ1) is 12.2. The highest BCUT2D eigenvalue weighted by Gasteiger charge is 2.08. The van der Waals surface area contributed by atoms with Gasteiger partial charge in [-0.15, -0.1) is 12.4 Å². The van der Waals surface area contributed by atoms with Gasteiger partial charge in [-0.05, 0) is 61.6 Å². The quantitative estimate of drug-likeness (QED) is 0.675. The molecule has 0 amide bonds. The van der Waals surface area contributed by atoms with Crippen LogP contribution in [-0.4, -0.2) is 27.9 Å². The second-order valence-electron chi connectivity index (χ2n) is 5.62. The van der Waals surface area contributed by atoms with Crippen molar-refractivity contribution in [3.63, 3.8) is 0 Å². The third-order valence-corrected chi connectivity index (χ3v) is 3.78. The summed E-state index contributed by atoms with van der Waals surface area (Å²) in [5, 5.41) is 0. The van der Waals surface area contributed by atoms with Crippen LogP contribution in [0, 0.1) is 0 Å². The number of hydrogen-bond acceptors (Lipinski definition) is 4. The van der Waals surface area contributed by atoms with Gasteiger partial charge in [0.05, 0.1) is 21.3 Å². The summed E-state index contributed by atoms with van der Waals surface area (Å²) >= 11 is 0.